The molecule has 41 heavy (non-hydrogen) atoms. The summed E-state index contributed by atoms with van der Waals surface area (Å²) in [4.78, 5) is 29.7. The maximum Gasteiger partial charge on any atom is 0.317 e. The van der Waals surface area contributed by atoms with Gasteiger partial charge in [0.2, 0.25) is 15.9 Å². The quantitative estimate of drug-likeness (QED) is 0.412. The summed E-state index contributed by atoms with van der Waals surface area (Å²) in [7, 11) is -3.91. The molecule has 0 aromatic heterocycles. The lowest BCUT2D eigenvalue weighted by Crippen LogP contribution is -2.55. The summed E-state index contributed by atoms with van der Waals surface area (Å²) in [6.07, 6.45) is 0. The average Bonchev–Trinajstić information content (AvgIpc) is 2.93. The molecule has 1 aliphatic rings. The smallest absolute Gasteiger partial charge is 0.317 e. The van der Waals surface area contributed by atoms with Gasteiger partial charge in [0.05, 0.1) is 11.4 Å². The molecule has 9 nitrogen and oxygen atoms in total. The molecule has 0 atom stereocenters. The zero-order valence-electron chi connectivity index (χ0n) is 24.1. The third-order valence-electron chi connectivity index (χ3n) is 6.75. The number of carbonyl (C=O) groups excluding carboxylic acids is 2. The number of anilines is 2. The van der Waals surface area contributed by atoms with Crippen molar-refractivity contribution in [1.82, 2.24) is 14.5 Å². The molecule has 1 aliphatic heterocycles. The number of rotatable bonds is 8. The number of hydrogen-bond donors (Lipinski definition) is 2. The maximum absolute atomic E-state index is 13.5. The summed E-state index contributed by atoms with van der Waals surface area (Å²) in [6.45, 7) is 10.2. The SMILES string of the molecule is Cc1ccc(S(=O)(=O)N(CC(=O)Nc2ccc(N3CCN(C(=O)NC(C)(C)C)CC3)cc2)Cc2ccccc2)cc1. The maximum atomic E-state index is 13.5. The molecule has 0 unspecified atom stereocenters. The Morgan fingerprint density at radius 1 is 0.854 bits per heavy atom. The van der Waals surface area contributed by atoms with Crippen LogP contribution >= 0.6 is 0 Å². The zero-order valence-corrected chi connectivity index (χ0v) is 24.9. The molecule has 3 amide bonds. The fourth-order valence-electron chi connectivity index (χ4n) is 4.56. The normalized spacial score (nSPS) is 14.2. The van der Waals surface area contributed by atoms with E-state index in [1.807, 2.05) is 87.2 Å². The van der Waals surface area contributed by atoms with E-state index in [1.54, 1.807) is 24.3 Å². The van der Waals surface area contributed by atoms with E-state index in [1.165, 1.54) is 4.31 Å². The number of amides is 3. The van der Waals surface area contributed by atoms with Gasteiger partial charge in [-0.1, -0.05) is 48.0 Å². The Kier molecular flexibility index (Phi) is 9.35. The van der Waals surface area contributed by atoms with Crippen molar-refractivity contribution in [3.05, 3.63) is 90.0 Å². The molecule has 0 spiro atoms. The summed E-state index contributed by atoms with van der Waals surface area (Å²) in [5.74, 6) is -0.428. The van der Waals surface area contributed by atoms with Gasteiger partial charge < -0.3 is 20.4 Å². The molecule has 218 valence electrons. The van der Waals surface area contributed by atoms with Crippen LogP contribution in [0, 0.1) is 6.92 Å². The molecule has 3 aromatic carbocycles. The average molecular weight is 578 g/mol. The van der Waals surface area contributed by atoms with E-state index in [-0.39, 0.29) is 29.6 Å². The first kappa shape index (κ1) is 30.1. The van der Waals surface area contributed by atoms with E-state index in [9.17, 15) is 18.0 Å². The second kappa shape index (κ2) is 12.7. The number of sulfonamides is 1. The predicted molar refractivity (Wildman–Crippen MR) is 162 cm³/mol. The van der Waals surface area contributed by atoms with E-state index in [0.29, 0.717) is 31.9 Å². The summed E-state index contributed by atoms with van der Waals surface area (Å²) in [5, 5.41) is 5.84. The molecule has 4 rings (SSSR count). The molecule has 1 saturated heterocycles. The Morgan fingerprint density at radius 2 is 1.46 bits per heavy atom. The number of piperazine rings is 1. The summed E-state index contributed by atoms with van der Waals surface area (Å²) < 4.78 is 28.2. The van der Waals surface area contributed by atoms with Crippen molar-refractivity contribution in [2.24, 2.45) is 0 Å². The van der Waals surface area contributed by atoms with Crippen molar-refractivity contribution in [2.45, 2.75) is 44.7 Å². The minimum atomic E-state index is -3.91. The second-order valence-electron chi connectivity index (χ2n) is 11.3. The van der Waals surface area contributed by atoms with Gasteiger partial charge in [-0.2, -0.15) is 4.31 Å². The minimum Gasteiger partial charge on any atom is -0.368 e. The monoisotopic (exact) mass is 577 g/mol. The van der Waals surface area contributed by atoms with Crippen molar-refractivity contribution in [1.29, 1.82) is 0 Å². The molecule has 0 aliphatic carbocycles. The van der Waals surface area contributed by atoms with E-state index in [0.717, 1.165) is 16.8 Å². The lowest BCUT2D eigenvalue weighted by atomic mass is 10.1. The Morgan fingerprint density at radius 3 is 2.05 bits per heavy atom. The fourth-order valence-corrected chi connectivity index (χ4v) is 5.94. The van der Waals surface area contributed by atoms with Crippen molar-refractivity contribution in [3.63, 3.8) is 0 Å². The molecule has 10 heteroatoms. The molecule has 1 heterocycles. The number of urea groups is 1. The van der Waals surface area contributed by atoms with Crippen LogP contribution in [0.1, 0.15) is 31.9 Å². The molecular formula is C31H39N5O4S. The number of carbonyl (C=O) groups is 2. The lowest BCUT2D eigenvalue weighted by Gasteiger charge is -2.37. The van der Waals surface area contributed by atoms with Gasteiger partial charge in [0.1, 0.15) is 0 Å². The Balaban J connectivity index is 1.39. The molecule has 3 aromatic rings. The van der Waals surface area contributed by atoms with Gasteiger partial charge >= 0.3 is 6.03 Å². The van der Waals surface area contributed by atoms with E-state index >= 15 is 0 Å². The van der Waals surface area contributed by atoms with Crippen LogP contribution in [0.4, 0.5) is 16.2 Å². The number of nitrogens with zero attached hydrogens (tertiary/aromatic N) is 3. The summed E-state index contributed by atoms with van der Waals surface area (Å²) in [5.41, 5.74) is 3.03. The van der Waals surface area contributed by atoms with E-state index < -0.39 is 15.9 Å². The van der Waals surface area contributed by atoms with Crippen LogP contribution in [0.15, 0.2) is 83.8 Å². The Bertz CT molecular complexity index is 1430. The second-order valence-corrected chi connectivity index (χ2v) is 13.3. The Labute approximate surface area is 243 Å². The topological polar surface area (TPSA) is 102 Å². The van der Waals surface area contributed by atoms with Gasteiger partial charge in [0, 0.05) is 49.6 Å². The minimum absolute atomic E-state index is 0.0547. The highest BCUT2D eigenvalue weighted by atomic mass is 32.2. The fraction of sp³-hybridized carbons (Fsp3) is 0.355. The molecular weight excluding hydrogens is 538 g/mol. The highest BCUT2D eigenvalue weighted by Crippen LogP contribution is 2.22. The first-order chi connectivity index (χ1) is 19.4. The molecule has 1 fully saturated rings. The van der Waals surface area contributed by atoms with Crippen molar-refractivity contribution in [2.75, 3.05) is 42.9 Å². The summed E-state index contributed by atoms with van der Waals surface area (Å²) in [6, 6.07) is 23.2. The number of nitrogens with one attached hydrogen (secondary N) is 2. The molecule has 0 radical (unpaired) electrons. The van der Waals surface area contributed by atoms with Crippen molar-refractivity contribution < 1.29 is 18.0 Å². The highest BCUT2D eigenvalue weighted by Gasteiger charge is 2.27. The zero-order chi connectivity index (χ0) is 29.6. The van der Waals surface area contributed by atoms with Crippen LogP contribution in [0.2, 0.25) is 0 Å². The van der Waals surface area contributed by atoms with Crippen molar-refractivity contribution in [3.8, 4) is 0 Å². The van der Waals surface area contributed by atoms with Crippen LogP contribution in [-0.4, -0.2) is 67.8 Å². The van der Waals surface area contributed by atoms with Crippen LogP contribution in [0.25, 0.3) is 0 Å². The Hall–Kier alpha value is -3.89. The van der Waals surface area contributed by atoms with Gasteiger partial charge in [-0.3, -0.25) is 4.79 Å². The van der Waals surface area contributed by atoms with Gasteiger partial charge in [-0.25, -0.2) is 13.2 Å². The van der Waals surface area contributed by atoms with Crippen molar-refractivity contribution >= 4 is 33.3 Å². The van der Waals surface area contributed by atoms with Gasteiger partial charge in [-0.05, 0) is 69.7 Å². The largest absolute Gasteiger partial charge is 0.368 e. The number of benzene rings is 3. The number of aryl methyl sites for hydroxylation is 1. The van der Waals surface area contributed by atoms with Crippen LogP contribution in [0.5, 0.6) is 0 Å². The van der Waals surface area contributed by atoms with Gasteiger partial charge in [0.15, 0.2) is 0 Å². The van der Waals surface area contributed by atoms with E-state index in [4.69, 9.17) is 0 Å². The predicted octanol–water partition coefficient (Wildman–Crippen LogP) is 4.45. The lowest BCUT2D eigenvalue weighted by molar-refractivity contribution is -0.116. The van der Waals surface area contributed by atoms with Gasteiger partial charge in [0.25, 0.3) is 0 Å². The first-order valence-electron chi connectivity index (χ1n) is 13.7. The highest BCUT2D eigenvalue weighted by molar-refractivity contribution is 7.89. The molecule has 0 bridgehead atoms. The first-order valence-corrected chi connectivity index (χ1v) is 15.2. The number of hydrogen-bond acceptors (Lipinski definition) is 5. The van der Waals surface area contributed by atoms with E-state index in [2.05, 4.69) is 15.5 Å². The van der Waals surface area contributed by atoms with Gasteiger partial charge in [-0.15, -0.1) is 0 Å². The van der Waals surface area contributed by atoms with Crippen LogP contribution in [-0.2, 0) is 21.4 Å². The van der Waals surface area contributed by atoms with Crippen LogP contribution in [0.3, 0.4) is 0 Å². The third-order valence-corrected chi connectivity index (χ3v) is 8.55. The molecule has 2 N–H and O–H groups in total. The standard InChI is InChI=1S/C31H39N5O4S/c1-24-10-16-28(17-11-24)41(39,40)36(22-25-8-6-5-7-9-25)23-29(37)32-26-12-14-27(15-13-26)34-18-20-35(21-19-34)30(38)33-31(2,3)4/h5-17H,18-23H2,1-4H3,(H,32,37)(H,33,38). The molecule has 0 saturated carbocycles. The van der Waals surface area contributed by atoms with Crippen LogP contribution < -0.4 is 15.5 Å². The summed E-state index contributed by atoms with van der Waals surface area (Å²) >= 11 is 0. The third kappa shape index (κ3) is 8.31.